The van der Waals surface area contributed by atoms with E-state index in [2.05, 4.69) is 21.2 Å². The molecule has 2 aromatic carbocycles. The molecule has 0 radical (unpaired) electrons. The highest BCUT2D eigenvalue weighted by atomic mass is 79.9. The van der Waals surface area contributed by atoms with E-state index in [9.17, 15) is 14.0 Å². The molecular formula is C19H18BrFN2O2. The predicted molar refractivity (Wildman–Crippen MR) is 98.2 cm³/mol. The Kier molecular flexibility index (Phi) is 5.48. The molecule has 0 saturated carbocycles. The maximum Gasteiger partial charge on any atom is 0.256 e. The molecule has 0 unspecified atom stereocenters. The zero-order valence-corrected chi connectivity index (χ0v) is 15.2. The number of nitrogens with zero attached hydrogens (tertiary/aromatic N) is 1. The molecule has 1 fully saturated rings. The fourth-order valence-corrected chi connectivity index (χ4v) is 3.44. The molecule has 25 heavy (non-hydrogen) atoms. The minimum Gasteiger partial charge on any atom is -0.339 e. The second-order valence-corrected chi connectivity index (χ2v) is 6.83. The Bertz CT molecular complexity index is 804. The van der Waals surface area contributed by atoms with Crippen molar-refractivity contribution >= 4 is 33.4 Å². The largest absolute Gasteiger partial charge is 0.339 e. The second-order valence-electron chi connectivity index (χ2n) is 5.98. The average molecular weight is 405 g/mol. The molecule has 130 valence electrons. The van der Waals surface area contributed by atoms with E-state index in [1.165, 1.54) is 18.2 Å². The summed E-state index contributed by atoms with van der Waals surface area (Å²) in [4.78, 5) is 27.1. The van der Waals surface area contributed by atoms with Crippen molar-refractivity contribution in [2.45, 2.75) is 19.3 Å². The number of benzene rings is 2. The molecule has 0 bridgehead atoms. The summed E-state index contributed by atoms with van der Waals surface area (Å²) in [7, 11) is 0. The number of carbonyl (C=O) groups excluding carboxylic acids is 2. The lowest BCUT2D eigenvalue weighted by Gasteiger charge is -2.27. The normalized spacial score (nSPS) is 14.2. The standard InChI is InChI=1S/C19H18BrFN2O2/c20-16-12-13(21)8-9-14(16)18(24)22-17-7-3-2-6-15(17)19(25)23-10-4-1-5-11-23/h2-3,6-9,12H,1,4-5,10-11H2,(H,22,24). The van der Waals surface area contributed by atoms with E-state index in [1.807, 2.05) is 4.90 Å². The average Bonchev–Trinajstić information content (AvgIpc) is 2.62. The Balaban J connectivity index is 1.83. The number of hydrogen-bond donors (Lipinski definition) is 1. The van der Waals surface area contributed by atoms with Gasteiger partial charge < -0.3 is 10.2 Å². The van der Waals surface area contributed by atoms with Crippen molar-refractivity contribution in [3.63, 3.8) is 0 Å². The van der Waals surface area contributed by atoms with Crippen molar-refractivity contribution in [1.29, 1.82) is 0 Å². The van der Waals surface area contributed by atoms with Gasteiger partial charge in [0.1, 0.15) is 5.82 Å². The molecule has 3 rings (SSSR count). The van der Waals surface area contributed by atoms with E-state index in [4.69, 9.17) is 0 Å². The topological polar surface area (TPSA) is 49.4 Å². The molecule has 1 N–H and O–H groups in total. The number of rotatable bonds is 3. The molecule has 0 atom stereocenters. The highest BCUT2D eigenvalue weighted by molar-refractivity contribution is 9.10. The quantitative estimate of drug-likeness (QED) is 0.820. The zero-order valence-electron chi connectivity index (χ0n) is 13.6. The summed E-state index contributed by atoms with van der Waals surface area (Å²) in [5.74, 6) is -0.899. The molecule has 1 aliphatic rings. The number of para-hydroxylation sites is 1. The van der Waals surface area contributed by atoms with Crippen LogP contribution in [-0.4, -0.2) is 29.8 Å². The van der Waals surface area contributed by atoms with Crippen molar-refractivity contribution < 1.29 is 14.0 Å². The Morgan fingerprint density at radius 1 is 1.00 bits per heavy atom. The fraction of sp³-hybridized carbons (Fsp3) is 0.263. The number of carbonyl (C=O) groups is 2. The van der Waals surface area contributed by atoms with Crippen LogP contribution in [0.3, 0.4) is 0 Å². The van der Waals surface area contributed by atoms with E-state index in [-0.39, 0.29) is 5.91 Å². The molecule has 0 spiro atoms. The van der Waals surface area contributed by atoms with Crippen molar-refractivity contribution in [3.8, 4) is 0 Å². The first-order valence-electron chi connectivity index (χ1n) is 8.21. The van der Waals surface area contributed by atoms with Crippen LogP contribution in [0.1, 0.15) is 40.0 Å². The number of amides is 2. The minimum atomic E-state index is -0.427. The van der Waals surface area contributed by atoms with Gasteiger partial charge in [-0.15, -0.1) is 0 Å². The van der Waals surface area contributed by atoms with Gasteiger partial charge in [-0.2, -0.15) is 0 Å². The molecular weight excluding hydrogens is 387 g/mol. The van der Waals surface area contributed by atoms with Gasteiger partial charge in [-0.1, -0.05) is 12.1 Å². The van der Waals surface area contributed by atoms with Gasteiger partial charge in [-0.05, 0) is 65.5 Å². The monoisotopic (exact) mass is 404 g/mol. The van der Waals surface area contributed by atoms with E-state index in [1.54, 1.807) is 24.3 Å². The van der Waals surface area contributed by atoms with Crippen LogP contribution in [0.5, 0.6) is 0 Å². The molecule has 1 heterocycles. The lowest BCUT2D eigenvalue weighted by Crippen LogP contribution is -2.36. The molecule has 4 nitrogen and oxygen atoms in total. The van der Waals surface area contributed by atoms with Crippen LogP contribution in [0.25, 0.3) is 0 Å². The maximum atomic E-state index is 13.2. The number of nitrogens with one attached hydrogen (secondary N) is 1. The van der Waals surface area contributed by atoms with Gasteiger partial charge in [0.2, 0.25) is 0 Å². The summed E-state index contributed by atoms with van der Waals surface area (Å²) in [6.07, 6.45) is 3.15. The first-order valence-corrected chi connectivity index (χ1v) is 9.00. The number of likely N-dealkylation sites (tertiary alicyclic amines) is 1. The molecule has 0 aliphatic carbocycles. The van der Waals surface area contributed by atoms with E-state index in [0.717, 1.165) is 32.4 Å². The van der Waals surface area contributed by atoms with Crippen LogP contribution >= 0.6 is 15.9 Å². The zero-order chi connectivity index (χ0) is 17.8. The van der Waals surface area contributed by atoms with E-state index in [0.29, 0.717) is 21.3 Å². The summed E-state index contributed by atoms with van der Waals surface area (Å²) in [6.45, 7) is 1.48. The van der Waals surface area contributed by atoms with Crippen LogP contribution in [0.2, 0.25) is 0 Å². The summed E-state index contributed by atoms with van der Waals surface area (Å²) in [5, 5.41) is 2.77. The Morgan fingerprint density at radius 3 is 2.44 bits per heavy atom. The van der Waals surface area contributed by atoms with Crippen LogP contribution in [0, 0.1) is 5.82 Å². The van der Waals surface area contributed by atoms with Crippen LogP contribution in [-0.2, 0) is 0 Å². The summed E-state index contributed by atoms with van der Waals surface area (Å²) < 4.78 is 13.6. The molecule has 1 aliphatic heterocycles. The third-order valence-corrected chi connectivity index (χ3v) is 4.88. The van der Waals surface area contributed by atoms with Crippen molar-refractivity contribution in [3.05, 3.63) is 63.9 Å². The van der Waals surface area contributed by atoms with Gasteiger partial charge in [0, 0.05) is 17.6 Å². The summed E-state index contributed by atoms with van der Waals surface area (Å²) >= 11 is 3.20. The molecule has 1 saturated heterocycles. The summed E-state index contributed by atoms with van der Waals surface area (Å²) in [6, 6.07) is 10.8. The van der Waals surface area contributed by atoms with E-state index < -0.39 is 11.7 Å². The van der Waals surface area contributed by atoms with Gasteiger partial charge in [0.05, 0.1) is 16.8 Å². The second kappa shape index (κ2) is 7.78. The molecule has 2 amide bonds. The molecule has 2 aromatic rings. The third kappa shape index (κ3) is 4.07. The Hall–Kier alpha value is -2.21. The minimum absolute atomic E-state index is 0.0752. The van der Waals surface area contributed by atoms with Crippen LogP contribution in [0.15, 0.2) is 46.9 Å². The maximum absolute atomic E-state index is 13.2. The lowest BCUT2D eigenvalue weighted by molar-refractivity contribution is 0.0725. The Morgan fingerprint density at radius 2 is 1.72 bits per heavy atom. The van der Waals surface area contributed by atoms with Crippen molar-refractivity contribution in [2.24, 2.45) is 0 Å². The first kappa shape index (κ1) is 17.6. The number of hydrogen-bond acceptors (Lipinski definition) is 2. The van der Waals surface area contributed by atoms with Crippen molar-refractivity contribution in [2.75, 3.05) is 18.4 Å². The van der Waals surface area contributed by atoms with Crippen LogP contribution < -0.4 is 5.32 Å². The highest BCUT2D eigenvalue weighted by Gasteiger charge is 2.21. The van der Waals surface area contributed by atoms with E-state index >= 15 is 0 Å². The SMILES string of the molecule is O=C(Nc1ccccc1C(=O)N1CCCCC1)c1ccc(F)cc1Br. The summed E-state index contributed by atoms with van der Waals surface area (Å²) in [5.41, 5.74) is 1.23. The molecule has 0 aromatic heterocycles. The number of anilines is 1. The fourth-order valence-electron chi connectivity index (χ4n) is 2.91. The third-order valence-electron chi connectivity index (χ3n) is 4.22. The Labute approximate surface area is 154 Å². The number of piperidine rings is 1. The van der Waals surface area contributed by atoms with Gasteiger partial charge >= 0.3 is 0 Å². The van der Waals surface area contributed by atoms with Crippen LogP contribution in [0.4, 0.5) is 10.1 Å². The molecule has 6 heteroatoms. The number of halogens is 2. The van der Waals surface area contributed by atoms with Gasteiger partial charge in [0.25, 0.3) is 11.8 Å². The predicted octanol–water partition coefficient (Wildman–Crippen LogP) is 4.47. The highest BCUT2D eigenvalue weighted by Crippen LogP contribution is 2.23. The van der Waals surface area contributed by atoms with Gasteiger partial charge in [-0.25, -0.2) is 4.39 Å². The van der Waals surface area contributed by atoms with Gasteiger partial charge in [0.15, 0.2) is 0 Å². The first-order chi connectivity index (χ1) is 12.1. The van der Waals surface area contributed by atoms with Gasteiger partial charge in [-0.3, -0.25) is 9.59 Å². The van der Waals surface area contributed by atoms with Crippen molar-refractivity contribution in [1.82, 2.24) is 4.90 Å². The smallest absolute Gasteiger partial charge is 0.256 e. The lowest BCUT2D eigenvalue weighted by atomic mass is 10.1.